The Hall–Kier alpha value is -2.15. The summed E-state index contributed by atoms with van der Waals surface area (Å²) in [6.07, 6.45) is 0.00367. The monoisotopic (exact) mass is 231 g/mol. The van der Waals surface area contributed by atoms with Crippen LogP contribution in [0.25, 0.3) is 0 Å². The van der Waals surface area contributed by atoms with Crippen LogP contribution in [0, 0.1) is 17.2 Å². The van der Waals surface area contributed by atoms with Crippen LogP contribution in [-0.2, 0) is 16.0 Å². The first kappa shape index (κ1) is 12.9. The number of benzene rings is 1. The fourth-order valence-electron chi connectivity index (χ4n) is 1.58. The highest BCUT2D eigenvalue weighted by Crippen LogP contribution is 2.14. The lowest BCUT2D eigenvalue weighted by Crippen LogP contribution is -2.20. The molecule has 0 saturated heterocycles. The van der Waals surface area contributed by atoms with Crippen molar-refractivity contribution in [3.8, 4) is 6.07 Å². The van der Waals surface area contributed by atoms with Crippen molar-refractivity contribution >= 4 is 11.8 Å². The maximum absolute atomic E-state index is 11.3. The Morgan fingerprint density at radius 1 is 1.29 bits per heavy atom. The van der Waals surface area contributed by atoms with Gasteiger partial charge in [-0.25, -0.2) is 0 Å². The van der Waals surface area contributed by atoms with Crippen molar-refractivity contribution in [2.45, 2.75) is 19.3 Å². The van der Waals surface area contributed by atoms with E-state index >= 15 is 0 Å². The van der Waals surface area contributed by atoms with Gasteiger partial charge in [-0.3, -0.25) is 9.59 Å². The Morgan fingerprint density at radius 3 is 2.47 bits per heavy atom. The zero-order chi connectivity index (χ0) is 12.7. The molecule has 0 aliphatic carbocycles. The van der Waals surface area contributed by atoms with E-state index in [1.165, 1.54) is 0 Å². The number of hydrogen-bond acceptors (Lipinski definition) is 3. The number of ketones is 1. The number of Topliss-reactive ketones (excluding diaryl/α,β-unsaturated/α-hetero) is 1. The molecule has 1 N–H and O–H groups in total. The van der Waals surface area contributed by atoms with Crippen LogP contribution < -0.4 is 0 Å². The van der Waals surface area contributed by atoms with Crippen LogP contribution in [0.5, 0.6) is 0 Å². The van der Waals surface area contributed by atoms with Crippen LogP contribution >= 0.6 is 0 Å². The van der Waals surface area contributed by atoms with Crippen molar-refractivity contribution in [2.24, 2.45) is 5.92 Å². The summed E-state index contributed by atoms with van der Waals surface area (Å²) in [5.41, 5.74) is 0.879. The molecule has 0 saturated carbocycles. The molecule has 4 nitrogen and oxygen atoms in total. The minimum absolute atomic E-state index is 0.0855. The van der Waals surface area contributed by atoms with Crippen molar-refractivity contribution in [3.05, 3.63) is 35.9 Å². The molecule has 0 amide bonds. The molecule has 0 radical (unpaired) electrons. The van der Waals surface area contributed by atoms with E-state index in [2.05, 4.69) is 0 Å². The second kappa shape index (κ2) is 6.44. The number of rotatable bonds is 6. The Kier molecular flexibility index (Phi) is 4.89. The van der Waals surface area contributed by atoms with Gasteiger partial charge in [0.2, 0.25) is 0 Å². The molecule has 17 heavy (non-hydrogen) atoms. The van der Waals surface area contributed by atoms with Gasteiger partial charge in [-0.15, -0.1) is 0 Å². The molecule has 0 aromatic heterocycles. The average Bonchev–Trinajstić information content (AvgIpc) is 2.29. The first-order valence-electron chi connectivity index (χ1n) is 5.29. The Bertz CT molecular complexity index is 434. The Morgan fingerprint density at radius 2 is 1.94 bits per heavy atom. The number of aliphatic carboxylic acids is 1. The lowest BCUT2D eigenvalue weighted by Gasteiger charge is -2.10. The summed E-state index contributed by atoms with van der Waals surface area (Å²) in [6.45, 7) is 0. The van der Waals surface area contributed by atoms with E-state index in [-0.39, 0.29) is 18.6 Å². The van der Waals surface area contributed by atoms with Gasteiger partial charge in [-0.2, -0.15) is 5.26 Å². The number of carboxylic acid groups (broad SMARTS) is 1. The van der Waals surface area contributed by atoms with Gasteiger partial charge in [0.25, 0.3) is 0 Å². The van der Waals surface area contributed by atoms with Crippen molar-refractivity contribution < 1.29 is 14.7 Å². The van der Waals surface area contributed by atoms with Crippen LogP contribution in [0.15, 0.2) is 30.3 Å². The number of carboxylic acids is 1. The van der Waals surface area contributed by atoms with Crippen molar-refractivity contribution in [1.82, 2.24) is 0 Å². The van der Waals surface area contributed by atoms with Gasteiger partial charge in [0.05, 0.1) is 18.4 Å². The first-order chi connectivity index (χ1) is 8.13. The molecule has 0 aliphatic heterocycles. The van der Waals surface area contributed by atoms with E-state index in [1.54, 1.807) is 6.07 Å². The predicted octanol–water partition coefficient (Wildman–Crippen LogP) is 1.80. The van der Waals surface area contributed by atoms with Crippen molar-refractivity contribution in [2.75, 3.05) is 0 Å². The number of nitriles is 1. The maximum Gasteiger partial charge on any atom is 0.307 e. The zero-order valence-electron chi connectivity index (χ0n) is 9.30. The number of nitrogens with zero attached hydrogens (tertiary/aromatic N) is 1. The molecule has 1 aromatic rings. The van der Waals surface area contributed by atoms with Gasteiger partial charge < -0.3 is 5.11 Å². The summed E-state index contributed by atoms with van der Waals surface area (Å²) in [5.74, 6) is -2.07. The topological polar surface area (TPSA) is 78.2 Å². The van der Waals surface area contributed by atoms with Gasteiger partial charge in [0.15, 0.2) is 0 Å². The summed E-state index contributed by atoms with van der Waals surface area (Å²) in [4.78, 5) is 22.3. The minimum atomic E-state index is -1.000. The highest BCUT2D eigenvalue weighted by atomic mass is 16.4. The van der Waals surface area contributed by atoms with E-state index < -0.39 is 11.9 Å². The predicted molar refractivity (Wildman–Crippen MR) is 61.1 cm³/mol. The van der Waals surface area contributed by atoms with Crippen molar-refractivity contribution in [3.63, 3.8) is 0 Å². The number of hydrogen-bond donors (Lipinski definition) is 1. The molecule has 0 heterocycles. The van der Waals surface area contributed by atoms with Gasteiger partial charge in [-0.1, -0.05) is 30.3 Å². The molecule has 0 bridgehead atoms. The fraction of sp³-hybridized carbons (Fsp3) is 0.308. The van der Waals surface area contributed by atoms with E-state index in [0.29, 0.717) is 6.42 Å². The highest BCUT2D eigenvalue weighted by Gasteiger charge is 2.21. The lowest BCUT2D eigenvalue weighted by molar-refractivity contribution is -0.143. The van der Waals surface area contributed by atoms with Crippen molar-refractivity contribution in [1.29, 1.82) is 5.26 Å². The summed E-state index contributed by atoms with van der Waals surface area (Å²) in [7, 11) is 0. The molecule has 1 unspecified atom stereocenters. The third kappa shape index (κ3) is 4.47. The smallest absolute Gasteiger partial charge is 0.307 e. The highest BCUT2D eigenvalue weighted by molar-refractivity contribution is 5.85. The average molecular weight is 231 g/mol. The molecule has 1 atom stereocenters. The summed E-state index contributed by atoms with van der Waals surface area (Å²) >= 11 is 0. The molecule has 1 aromatic carbocycles. The second-order valence-corrected chi connectivity index (χ2v) is 3.80. The molecule has 0 fully saturated rings. The number of carbonyl (C=O) groups excluding carboxylic acids is 1. The van der Waals surface area contributed by atoms with E-state index in [0.717, 1.165) is 5.56 Å². The normalized spacial score (nSPS) is 11.5. The molecule has 1 rings (SSSR count). The summed E-state index contributed by atoms with van der Waals surface area (Å²) in [6, 6.07) is 10.9. The molecule has 0 spiro atoms. The van der Waals surface area contributed by atoms with Crippen LogP contribution in [0.1, 0.15) is 18.4 Å². The quantitative estimate of drug-likeness (QED) is 0.809. The van der Waals surface area contributed by atoms with E-state index in [4.69, 9.17) is 10.4 Å². The first-order valence-corrected chi connectivity index (χ1v) is 5.29. The SMILES string of the molecule is N#CCC(=O)CC(Cc1ccccc1)C(=O)O. The largest absolute Gasteiger partial charge is 0.481 e. The maximum atomic E-state index is 11.3. The zero-order valence-corrected chi connectivity index (χ0v) is 9.30. The van der Waals surface area contributed by atoms with Gasteiger partial charge >= 0.3 is 5.97 Å². The summed E-state index contributed by atoms with van der Waals surface area (Å²) in [5, 5.41) is 17.4. The summed E-state index contributed by atoms with van der Waals surface area (Å²) < 4.78 is 0. The van der Waals surface area contributed by atoms with Gasteiger partial charge in [0.1, 0.15) is 5.78 Å². The molecule has 4 heteroatoms. The third-order valence-electron chi connectivity index (χ3n) is 2.42. The van der Waals surface area contributed by atoms with Crippen LogP contribution in [0.4, 0.5) is 0 Å². The van der Waals surface area contributed by atoms with E-state index in [9.17, 15) is 9.59 Å². The van der Waals surface area contributed by atoms with Gasteiger partial charge in [0, 0.05) is 6.42 Å². The minimum Gasteiger partial charge on any atom is -0.481 e. The molecular weight excluding hydrogens is 218 g/mol. The Labute approximate surface area is 99.5 Å². The van der Waals surface area contributed by atoms with E-state index in [1.807, 2.05) is 30.3 Å². The molecule has 88 valence electrons. The Balaban J connectivity index is 2.65. The fourth-order valence-corrected chi connectivity index (χ4v) is 1.58. The van der Waals surface area contributed by atoms with Crippen LogP contribution in [0.3, 0.4) is 0 Å². The standard InChI is InChI=1S/C13H13NO3/c14-7-6-12(15)9-11(13(16)17)8-10-4-2-1-3-5-10/h1-5,11H,6,8-9H2,(H,16,17). The van der Waals surface area contributed by atoms with Crippen LogP contribution in [-0.4, -0.2) is 16.9 Å². The lowest BCUT2D eigenvalue weighted by atomic mass is 9.94. The second-order valence-electron chi connectivity index (χ2n) is 3.80. The third-order valence-corrected chi connectivity index (χ3v) is 2.42. The van der Waals surface area contributed by atoms with Crippen LogP contribution in [0.2, 0.25) is 0 Å². The van der Waals surface area contributed by atoms with Gasteiger partial charge in [-0.05, 0) is 12.0 Å². The molecular formula is C13H13NO3. The number of carbonyl (C=O) groups is 2. The molecule has 0 aliphatic rings.